The van der Waals surface area contributed by atoms with Gasteiger partial charge in [0.15, 0.2) is 0 Å². The van der Waals surface area contributed by atoms with Gasteiger partial charge in [-0.2, -0.15) is 0 Å². The average molecular weight is 262 g/mol. The standard InChI is InChI=1S/C18H30O/c1-2-3-4-5-6-7-8-9-10-11-12-13-15-18-16-14-17-19-18/h13-17H,2-12H2,1H3. The van der Waals surface area contributed by atoms with E-state index in [0.29, 0.717) is 0 Å². The van der Waals surface area contributed by atoms with Gasteiger partial charge in [0.05, 0.1) is 6.26 Å². The molecule has 0 atom stereocenters. The maximum Gasteiger partial charge on any atom is 0.126 e. The van der Waals surface area contributed by atoms with E-state index < -0.39 is 0 Å². The first kappa shape index (κ1) is 16.1. The van der Waals surface area contributed by atoms with Gasteiger partial charge in [0.1, 0.15) is 5.76 Å². The molecule has 0 fully saturated rings. The van der Waals surface area contributed by atoms with Crippen LogP contribution in [-0.4, -0.2) is 0 Å². The molecule has 0 bridgehead atoms. The first-order valence-corrected chi connectivity index (χ1v) is 8.13. The summed E-state index contributed by atoms with van der Waals surface area (Å²) in [6, 6.07) is 3.93. The summed E-state index contributed by atoms with van der Waals surface area (Å²) in [6.45, 7) is 2.28. The minimum absolute atomic E-state index is 0.965. The van der Waals surface area contributed by atoms with E-state index >= 15 is 0 Å². The zero-order valence-corrected chi connectivity index (χ0v) is 12.6. The molecule has 108 valence electrons. The van der Waals surface area contributed by atoms with E-state index in [1.807, 2.05) is 12.1 Å². The Hall–Kier alpha value is -0.980. The van der Waals surface area contributed by atoms with Gasteiger partial charge in [-0.1, -0.05) is 70.8 Å². The first-order chi connectivity index (χ1) is 9.43. The van der Waals surface area contributed by atoms with Crippen LogP contribution in [0.15, 0.2) is 28.9 Å². The Labute approximate surface area is 119 Å². The summed E-state index contributed by atoms with van der Waals surface area (Å²) in [4.78, 5) is 0. The first-order valence-electron chi connectivity index (χ1n) is 8.13. The highest BCUT2D eigenvalue weighted by atomic mass is 16.3. The zero-order valence-electron chi connectivity index (χ0n) is 12.6. The summed E-state index contributed by atoms with van der Waals surface area (Å²) in [5.74, 6) is 0.965. The molecule has 1 nitrogen and oxygen atoms in total. The second-order valence-electron chi connectivity index (χ2n) is 5.39. The molecule has 0 aliphatic carbocycles. The molecule has 1 aromatic heterocycles. The predicted molar refractivity (Wildman–Crippen MR) is 84.2 cm³/mol. The van der Waals surface area contributed by atoms with Crippen molar-refractivity contribution in [1.82, 2.24) is 0 Å². The van der Waals surface area contributed by atoms with Gasteiger partial charge < -0.3 is 4.42 Å². The van der Waals surface area contributed by atoms with E-state index in [-0.39, 0.29) is 0 Å². The maximum absolute atomic E-state index is 5.25. The number of unbranched alkanes of at least 4 members (excludes halogenated alkanes) is 10. The smallest absolute Gasteiger partial charge is 0.126 e. The van der Waals surface area contributed by atoms with Crippen LogP contribution >= 0.6 is 0 Å². The number of hydrogen-bond donors (Lipinski definition) is 0. The fourth-order valence-electron chi connectivity index (χ4n) is 2.34. The predicted octanol–water partition coefficient (Wildman–Crippen LogP) is 6.60. The fourth-order valence-corrected chi connectivity index (χ4v) is 2.34. The molecule has 0 aliphatic rings. The van der Waals surface area contributed by atoms with Crippen molar-refractivity contribution in [3.05, 3.63) is 30.2 Å². The summed E-state index contributed by atoms with van der Waals surface area (Å²) in [6.07, 6.45) is 21.3. The number of rotatable bonds is 12. The second-order valence-corrected chi connectivity index (χ2v) is 5.39. The summed E-state index contributed by atoms with van der Waals surface area (Å²) in [5, 5.41) is 0. The monoisotopic (exact) mass is 262 g/mol. The van der Waals surface area contributed by atoms with Crippen LogP contribution < -0.4 is 0 Å². The second kappa shape index (κ2) is 12.1. The fraction of sp³-hybridized carbons (Fsp3) is 0.667. The summed E-state index contributed by atoms with van der Waals surface area (Å²) in [7, 11) is 0. The van der Waals surface area contributed by atoms with E-state index in [1.54, 1.807) is 6.26 Å². The molecule has 0 saturated heterocycles. The highest BCUT2D eigenvalue weighted by Crippen LogP contribution is 2.12. The van der Waals surface area contributed by atoms with Crippen LogP contribution in [0.1, 0.15) is 83.3 Å². The molecule has 0 aromatic carbocycles. The van der Waals surface area contributed by atoms with Crippen LogP contribution in [0.4, 0.5) is 0 Å². The lowest BCUT2D eigenvalue weighted by Crippen LogP contribution is -1.81. The highest BCUT2D eigenvalue weighted by molar-refractivity contribution is 5.41. The molecule has 19 heavy (non-hydrogen) atoms. The van der Waals surface area contributed by atoms with Gasteiger partial charge in [-0.05, 0) is 31.1 Å². The Morgan fingerprint density at radius 3 is 2.11 bits per heavy atom. The van der Waals surface area contributed by atoms with E-state index in [0.717, 1.165) is 5.76 Å². The Morgan fingerprint density at radius 1 is 0.895 bits per heavy atom. The van der Waals surface area contributed by atoms with Crippen LogP contribution in [0, 0.1) is 0 Å². The SMILES string of the molecule is CCCCCCCCCCCCC=Cc1ccco1. The van der Waals surface area contributed by atoms with E-state index in [9.17, 15) is 0 Å². The van der Waals surface area contributed by atoms with E-state index in [1.165, 1.54) is 70.6 Å². The molecule has 1 rings (SSSR count). The summed E-state index contributed by atoms with van der Waals surface area (Å²) < 4.78 is 5.25. The lowest BCUT2D eigenvalue weighted by molar-refractivity contribution is 0.554. The normalized spacial score (nSPS) is 11.4. The third kappa shape index (κ3) is 9.58. The molecule has 0 radical (unpaired) electrons. The van der Waals surface area contributed by atoms with E-state index in [2.05, 4.69) is 19.1 Å². The lowest BCUT2D eigenvalue weighted by Gasteiger charge is -2.01. The van der Waals surface area contributed by atoms with Crippen molar-refractivity contribution in [2.75, 3.05) is 0 Å². The van der Waals surface area contributed by atoms with Crippen molar-refractivity contribution in [3.8, 4) is 0 Å². The van der Waals surface area contributed by atoms with Crippen LogP contribution in [0.5, 0.6) is 0 Å². The summed E-state index contributed by atoms with van der Waals surface area (Å²) >= 11 is 0. The molecule has 0 N–H and O–H groups in total. The van der Waals surface area contributed by atoms with Gasteiger partial charge in [-0.3, -0.25) is 0 Å². The Bertz CT molecular complexity index is 298. The van der Waals surface area contributed by atoms with Crippen LogP contribution in [0.2, 0.25) is 0 Å². The van der Waals surface area contributed by atoms with Crippen molar-refractivity contribution in [3.63, 3.8) is 0 Å². The largest absolute Gasteiger partial charge is 0.465 e. The minimum Gasteiger partial charge on any atom is -0.465 e. The van der Waals surface area contributed by atoms with Crippen molar-refractivity contribution in [2.24, 2.45) is 0 Å². The quantitative estimate of drug-likeness (QED) is 0.386. The van der Waals surface area contributed by atoms with Crippen molar-refractivity contribution in [1.29, 1.82) is 0 Å². The van der Waals surface area contributed by atoms with Gasteiger partial charge in [-0.25, -0.2) is 0 Å². The summed E-state index contributed by atoms with van der Waals surface area (Å²) in [5.41, 5.74) is 0. The van der Waals surface area contributed by atoms with Crippen molar-refractivity contribution in [2.45, 2.75) is 77.6 Å². The third-order valence-corrected chi connectivity index (χ3v) is 3.55. The molecule has 0 spiro atoms. The van der Waals surface area contributed by atoms with Gasteiger partial charge >= 0.3 is 0 Å². The van der Waals surface area contributed by atoms with Gasteiger partial charge in [0.2, 0.25) is 0 Å². The maximum atomic E-state index is 5.25. The molecule has 0 amide bonds. The highest BCUT2D eigenvalue weighted by Gasteiger charge is 1.92. The number of hydrogen-bond acceptors (Lipinski definition) is 1. The Balaban J connectivity index is 1.79. The van der Waals surface area contributed by atoms with Crippen LogP contribution in [-0.2, 0) is 0 Å². The van der Waals surface area contributed by atoms with Gasteiger partial charge in [0.25, 0.3) is 0 Å². The van der Waals surface area contributed by atoms with Gasteiger partial charge in [0, 0.05) is 0 Å². The van der Waals surface area contributed by atoms with Crippen molar-refractivity contribution < 1.29 is 4.42 Å². The van der Waals surface area contributed by atoms with Crippen LogP contribution in [0.3, 0.4) is 0 Å². The molecular weight excluding hydrogens is 232 g/mol. The number of furan rings is 1. The Kier molecular flexibility index (Phi) is 10.2. The lowest BCUT2D eigenvalue weighted by atomic mass is 10.1. The Morgan fingerprint density at radius 2 is 1.53 bits per heavy atom. The van der Waals surface area contributed by atoms with Crippen molar-refractivity contribution >= 4 is 6.08 Å². The molecule has 1 heteroatoms. The van der Waals surface area contributed by atoms with Crippen LogP contribution in [0.25, 0.3) is 6.08 Å². The number of allylic oxidation sites excluding steroid dienone is 1. The topological polar surface area (TPSA) is 13.1 Å². The average Bonchev–Trinajstić information content (AvgIpc) is 2.93. The molecule has 0 unspecified atom stereocenters. The zero-order chi connectivity index (χ0) is 13.6. The van der Waals surface area contributed by atoms with E-state index in [4.69, 9.17) is 4.42 Å². The third-order valence-electron chi connectivity index (χ3n) is 3.55. The molecule has 0 saturated carbocycles. The molecule has 1 aromatic rings. The van der Waals surface area contributed by atoms with Gasteiger partial charge in [-0.15, -0.1) is 0 Å². The minimum atomic E-state index is 0.965. The molecule has 1 heterocycles. The molecule has 0 aliphatic heterocycles. The molecular formula is C18H30O.